The van der Waals surface area contributed by atoms with Crippen LogP contribution >= 0.6 is 0 Å². The lowest BCUT2D eigenvalue weighted by Crippen LogP contribution is -2.41. The van der Waals surface area contributed by atoms with Gasteiger partial charge in [-0.2, -0.15) is 5.10 Å². The number of pyridine rings is 2. The zero-order valence-electron chi connectivity index (χ0n) is 19.0. The van der Waals surface area contributed by atoms with E-state index in [1.807, 2.05) is 27.7 Å². The maximum Gasteiger partial charge on any atom is 0.496 e. The first-order chi connectivity index (χ1) is 15.5. The molecule has 1 N–H and O–H groups in total. The molecule has 11 heteroatoms. The first kappa shape index (κ1) is 23.0. The van der Waals surface area contributed by atoms with Crippen LogP contribution in [0.4, 0.5) is 8.78 Å². The molecule has 3 aromatic heterocycles. The molecular formula is C22H24BF2N5O3. The van der Waals surface area contributed by atoms with Crippen LogP contribution in [0.5, 0.6) is 0 Å². The van der Waals surface area contributed by atoms with Crippen molar-refractivity contribution in [2.75, 3.05) is 0 Å². The molecule has 1 aliphatic rings. The van der Waals surface area contributed by atoms with Crippen LogP contribution in [0.15, 0.2) is 43.0 Å². The van der Waals surface area contributed by atoms with Crippen LogP contribution in [0.3, 0.4) is 0 Å². The van der Waals surface area contributed by atoms with E-state index in [2.05, 4.69) is 20.4 Å². The van der Waals surface area contributed by atoms with Crippen molar-refractivity contribution in [3.8, 4) is 5.82 Å². The monoisotopic (exact) mass is 455 g/mol. The van der Waals surface area contributed by atoms with Crippen LogP contribution in [0.2, 0.25) is 0 Å². The summed E-state index contributed by atoms with van der Waals surface area (Å²) in [7, 11) is -0.777. The fourth-order valence-corrected chi connectivity index (χ4v) is 3.29. The minimum atomic E-state index is -0.777. The Bertz CT molecular complexity index is 1170. The van der Waals surface area contributed by atoms with E-state index in [1.54, 1.807) is 19.1 Å². The number of nitrogens with one attached hydrogen (secondary N) is 1. The number of hydrogen-bond donors (Lipinski definition) is 1. The van der Waals surface area contributed by atoms with E-state index in [0.29, 0.717) is 16.8 Å². The molecule has 172 valence electrons. The van der Waals surface area contributed by atoms with Crippen LogP contribution in [-0.4, -0.2) is 44.0 Å². The van der Waals surface area contributed by atoms with Crippen molar-refractivity contribution in [2.24, 2.45) is 0 Å². The van der Waals surface area contributed by atoms with Crippen molar-refractivity contribution >= 4 is 18.5 Å². The van der Waals surface area contributed by atoms with Gasteiger partial charge in [-0.3, -0.25) is 4.79 Å². The molecule has 1 atom stereocenters. The van der Waals surface area contributed by atoms with Crippen LogP contribution in [0.1, 0.15) is 56.7 Å². The lowest BCUT2D eigenvalue weighted by Gasteiger charge is -2.32. The van der Waals surface area contributed by atoms with Crippen molar-refractivity contribution in [3.63, 3.8) is 0 Å². The van der Waals surface area contributed by atoms with Gasteiger partial charge in [0.1, 0.15) is 0 Å². The molecule has 0 radical (unpaired) electrons. The lowest BCUT2D eigenvalue weighted by molar-refractivity contribution is 0.00578. The Kier molecular flexibility index (Phi) is 5.79. The van der Waals surface area contributed by atoms with Crippen LogP contribution in [-0.2, 0) is 9.31 Å². The molecule has 0 bridgehead atoms. The highest BCUT2D eigenvalue weighted by Gasteiger charge is 2.52. The third-order valence-corrected chi connectivity index (χ3v) is 6.01. The largest absolute Gasteiger partial charge is 0.496 e. The molecule has 4 heterocycles. The molecule has 0 spiro atoms. The second-order valence-corrected chi connectivity index (χ2v) is 8.94. The Morgan fingerprint density at radius 3 is 2.33 bits per heavy atom. The predicted octanol–water partition coefficient (Wildman–Crippen LogP) is 2.73. The summed E-state index contributed by atoms with van der Waals surface area (Å²) in [6.45, 7) is 9.33. The average Bonchev–Trinajstić information content (AvgIpc) is 3.27. The van der Waals surface area contributed by atoms with Crippen LogP contribution in [0.25, 0.3) is 5.82 Å². The third-order valence-electron chi connectivity index (χ3n) is 6.01. The highest BCUT2D eigenvalue weighted by molar-refractivity contribution is 6.62. The van der Waals surface area contributed by atoms with Crippen molar-refractivity contribution < 1.29 is 22.9 Å². The van der Waals surface area contributed by atoms with E-state index in [4.69, 9.17) is 9.31 Å². The Morgan fingerprint density at radius 1 is 1.09 bits per heavy atom. The van der Waals surface area contributed by atoms with Gasteiger partial charge in [-0.1, -0.05) is 6.07 Å². The van der Waals surface area contributed by atoms with E-state index < -0.39 is 41.9 Å². The maximum absolute atomic E-state index is 14.7. The molecule has 0 aliphatic carbocycles. The van der Waals surface area contributed by atoms with Crippen molar-refractivity contribution in [1.82, 2.24) is 25.1 Å². The van der Waals surface area contributed by atoms with Crippen LogP contribution in [0, 0.1) is 11.6 Å². The molecule has 1 aliphatic heterocycles. The van der Waals surface area contributed by atoms with Gasteiger partial charge in [0.25, 0.3) is 5.91 Å². The second-order valence-electron chi connectivity index (χ2n) is 8.94. The van der Waals surface area contributed by atoms with Gasteiger partial charge in [0.15, 0.2) is 23.1 Å². The first-order valence-corrected chi connectivity index (χ1v) is 10.5. The number of carbonyl (C=O) groups is 1. The van der Waals surface area contributed by atoms with Crippen molar-refractivity contribution in [1.29, 1.82) is 0 Å². The molecule has 33 heavy (non-hydrogen) atoms. The maximum atomic E-state index is 14.7. The van der Waals surface area contributed by atoms with Gasteiger partial charge >= 0.3 is 7.12 Å². The summed E-state index contributed by atoms with van der Waals surface area (Å²) in [4.78, 5) is 20.9. The molecule has 0 saturated carbocycles. The first-order valence-electron chi connectivity index (χ1n) is 10.5. The minimum Gasteiger partial charge on any atom is -0.399 e. The second kappa shape index (κ2) is 8.31. The topological polar surface area (TPSA) is 91.2 Å². The number of amides is 1. The smallest absolute Gasteiger partial charge is 0.399 e. The Labute approximate surface area is 190 Å². The zero-order valence-corrected chi connectivity index (χ0v) is 19.0. The Balaban J connectivity index is 1.44. The summed E-state index contributed by atoms with van der Waals surface area (Å²) < 4.78 is 41.0. The Morgan fingerprint density at radius 2 is 1.79 bits per heavy atom. The van der Waals surface area contributed by atoms with E-state index in [9.17, 15) is 13.6 Å². The van der Waals surface area contributed by atoms with Gasteiger partial charge < -0.3 is 14.6 Å². The normalized spacial score (nSPS) is 17.7. The summed E-state index contributed by atoms with van der Waals surface area (Å²) in [6, 6.07) is 4.09. The SMILES string of the molecule is C[C@H](NC(=O)c1ncc(B2OC(C)(C)C(C)(C)O2)cc1F)c1ccc(-n2cc(F)cn2)nc1. The summed E-state index contributed by atoms with van der Waals surface area (Å²) in [6.07, 6.45) is 5.20. The number of nitrogens with zero attached hydrogens (tertiary/aromatic N) is 4. The number of rotatable bonds is 5. The molecule has 1 fully saturated rings. The highest BCUT2D eigenvalue weighted by atomic mass is 19.1. The average molecular weight is 455 g/mol. The van der Waals surface area contributed by atoms with E-state index in [1.165, 1.54) is 29.3 Å². The van der Waals surface area contributed by atoms with Gasteiger partial charge in [0, 0.05) is 17.9 Å². The Hall–Kier alpha value is -3.18. The molecule has 3 aromatic rings. The van der Waals surface area contributed by atoms with Crippen LogP contribution < -0.4 is 10.8 Å². The van der Waals surface area contributed by atoms with Crippen molar-refractivity contribution in [3.05, 3.63) is 65.9 Å². The molecular weight excluding hydrogens is 431 g/mol. The third kappa shape index (κ3) is 4.51. The van der Waals surface area contributed by atoms with Gasteiger partial charge in [0.2, 0.25) is 0 Å². The standard InChI is InChI=1S/C22H24BF2N5O3/c1-13(14-6-7-18(26-9-14)30-12-16(24)11-28-30)29-20(31)19-17(25)8-15(10-27-19)23-32-21(2,3)22(4,5)33-23/h6-13H,1-5H3,(H,29,31)/t13-/m0/s1. The molecule has 0 aromatic carbocycles. The van der Waals surface area contributed by atoms with Crippen molar-refractivity contribution in [2.45, 2.75) is 51.9 Å². The summed E-state index contributed by atoms with van der Waals surface area (Å²) in [5.74, 6) is -1.49. The number of hydrogen-bond acceptors (Lipinski definition) is 6. The number of aromatic nitrogens is 4. The lowest BCUT2D eigenvalue weighted by atomic mass is 9.80. The summed E-state index contributed by atoms with van der Waals surface area (Å²) in [5, 5.41) is 6.56. The van der Waals surface area contributed by atoms with Gasteiger partial charge in [0.05, 0.1) is 29.6 Å². The van der Waals surface area contributed by atoms with Gasteiger partial charge in [-0.25, -0.2) is 23.4 Å². The van der Waals surface area contributed by atoms with Gasteiger partial charge in [-0.15, -0.1) is 0 Å². The fourth-order valence-electron chi connectivity index (χ4n) is 3.29. The predicted molar refractivity (Wildman–Crippen MR) is 117 cm³/mol. The van der Waals surface area contributed by atoms with E-state index >= 15 is 0 Å². The van der Waals surface area contributed by atoms with Gasteiger partial charge in [-0.05, 0) is 52.3 Å². The minimum absolute atomic E-state index is 0.335. The molecule has 1 amide bonds. The molecule has 8 nitrogen and oxygen atoms in total. The molecule has 1 saturated heterocycles. The highest BCUT2D eigenvalue weighted by Crippen LogP contribution is 2.36. The van der Waals surface area contributed by atoms with E-state index in [-0.39, 0.29) is 5.69 Å². The van der Waals surface area contributed by atoms with E-state index in [0.717, 1.165) is 6.20 Å². The number of halogens is 2. The summed E-state index contributed by atoms with van der Waals surface area (Å²) >= 11 is 0. The summed E-state index contributed by atoms with van der Waals surface area (Å²) in [5.41, 5.74) is -0.415. The fraction of sp³-hybridized carbons (Fsp3) is 0.364. The zero-order chi connectivity index (χ0) is 24.0. The number of carbonyl (C=O) groups excluding carboxylic acids is 1. The molecule has 0 unspecified atom stereocenters. The molecule has 4 rings (SSSR count). The quantitative estimate of drug-likeness (QED) is 0.596.